The third-order valence-corrected chi connectivity index (χ3v) is 2.76. The van der Waals surface area contributed by atoms with Crippen molar-refractivity contribution in [1.82, 2.24) is 15.0 Å². The van der Waals surface area contributed by atoms with Gasteiger partial charge in [0.1, 0.15) is 0 Å². The van der Waals surface area contributed by atoms with Crippen LogP contribution >= 0.6 is 11.6 Å². The van der Waals surface area contributed by atoms with E-state index in [4.69, 9.17) is 11.6 Å². The Hall–Kier alpha value is -1.14. The molecule has 6 nitrogen and oxygen atoms in total. The molecule has 7 heteroatoms. The molecule has 1 heterocycles. The number of nitrogens with zero attached hydrogens (tertiary/aromatic N) is 3. The summed E-state index contributed by atoms with van der Waals surface area (Å²) in [4.78, 5) is 12.2. The van der Waals surface area contributed by atoms with Crippen LogP contribution in [-0.2, 0) is 0 Å². The normalized spacial score (nSPS) is 23.0. The van der Waals surface area contributed by atoms with Gasteiger partial charge in [0.05, 0.1) is 6.10 Å². The Kier molecular flexibility index (Phi) is 3.96. The van der Waals surface area contributed by atoms with E-state index < -0.39 is 0 Å². The van der Waals surface area contributed by atoms with Gasteiger partial charge in [-0.3, -0.25) is 0 Å². The van der Waals surface area contributed by atoms with Crippen molar-refractivity contribution in [2.75, 3.05) is 17.2 Å². The molecule has 94 valence electrons. The molecule has 1 aliphatic carbocycles. The molecule has 0 aromatic carbocycles. The van der Waals surface area contributed by atoms with E-state index in [1.165, 1.54) is 0 Å². The molecule has 1 aromatic heterocycles. The van der Waals surface area contributed by atoms with E-state index in [0.29, 0.717) is 11.9 Å². The molecule has 17 heavy (non-hydrogen) atoms. The van der Waals surface area contributed by atoms with Crippen LogP contribution in [0.4, 0.5) is 11.9 Å². The first kappa shape index (κ1) is 12.3. The average molecular weight is 258 g/mol. The zero-order valence-electron chi connectivity index (χ0n) is 9.65. The van der Waals surface area contributed by atoms with Crippen molar-refractivity contribution in [3.63, 3.8) is 0 Å². The first-order valence-electron chi connectivity index (χ1n) is 5.77. The quantitative estimate of drug-likeness (QED) is 0.737. The maximum absolute atomic E-state index is 9.19. The minimum absolute atomic E-state index is 0.168. The lowest BCUT2D eigenvalue weighted by Crippen LogP contribution is -2.39. The first-order chi connectivity index (χ1) is 8.17. The predicted octanol–water partition coefficient (Wildman–Crippen LogP) is 1.28. The van der Waals surface area contributed by atoms with Crippen LogP contribution in [0.1, 0.15) is 26.2 Å². The highest BCUT2D eigenvalue weighted by molar-refractivity contribution is 6.28. The maximum atomic E-state index is 9.19. The molecule has 2 rings (SSSR count). The second-order valence-corrected chi connectivity index (χ2v) is 4.48. The topological polar surface area (TPSA) is 83.0 Å². The van der Waals surface area contributed by atoms with E-state index in [0.717, 1.165) is 25.8 Å². The van der Waals surface area contributed by atoms with Crippen LogP contribution in [0, 0.1) is 0 Å². The van der Waals surface area contributed by atoms with Crippen LogP contribution in [0.15, 0.2) is 0 Å². The summed E-state index contributed by atoms with van der Waals surface area (Å²) in [6, 6.07) is 0.225. The summed E-state index contributed by atoms with van der Waals surface area (Å²) in [5, 5.41) is 15.5. The van der Waals surface area contributed by atoms with Crippen molar-refractivity contribution in [3.05, 3.63) is 5.28 Å². The second-order valence-electron chi connectivity index (χ2n) is 4.14. The van der Waals surface area contributed by atoms with Crippen LogP contribution < -0.4 is 10.6 Å². The highest BCUT2D eigenvalue weighted by Crippen LogP contribution is 2.23. The third kappa shape index (κ3) is 3.41. The van der Waals surface area contributed by atoms with Gasteiger partial charge in [-0.05, 0) is 30.9 Å². The molecule has 0 aliphatic heterocycles. The second kappa shape index (κ2) is 5.46. The molecule has 0 saturated heterocycles. The van der Waals surface area contributed by atoms with E-state index in [2.05, 4.69) is 32.5 Å². The van der Waals surface area contributed by atoms with Crippen molar-refractivity contribution in [1.29, 1.82) is 0 Å². The molecular weight excluding hydrogens is 242 g/mol. The van der Waals surface area contributed by atoms with Gasteiger partial charge in [-0.15, -0.1) is 0 Å². The average Bonchev–Trinajstić information content (AvgIpc) is 2.23. The number of aliphatic hydroxyl groups is 1. The van der Waals surface area contributed by atoms with Crippen molar-refractivity contribution >= 4 is 23.5 Å². The molecule has 0 spiro atoms. The smallest absolute Gasteiger partial charge is 0.229 e. The Bertz CT molecular complexity index is 383. The van der Waals surface area contributed by atoms with Gasteiger partial charge in [0, 0.05) is 12.6 Å². The molecule has 3 N–H and O–H groups in total. The van der Waals surface area contributed by atoms with E-state index in [9.17, 15) is 5.11 Å². The third-order valence-electron chi connectivity index (χ3n) is 2.59. The highest BCUT2D eigenvalue weighted by atomic mass is 35.5. The fourth-order valence-electron chi connectivity index (χ4n) is 1.62. The Morgan fingerprint density at radius 1 is 1.29 bits per heavy atom. The molecule has 0 atom stereocenters. The van der Waals surface area contributed by atoms with E-state index in [-0.39, 0.29) is 17.4 Å². The minimum atomic E-state index is -0.206. The van der Waals surface area contributed by atoms with Crippen LogP contribution in [0.3, 0.4) is 0 Å². The fraction of sp³-hybridized carbons (Fsp3) is 0.700. The van der Waals surface area contributed by atoms with Crippen LogP contribution in [0.25, 0.3) is 0 Å². The lowest BCUT2D eigenvalue weighted by atomic mass is 9.90. The van der Waals surface area contributed by atoms with Crippen LogP contribution in [-0.4, -0.2) is 38.7 Å². The maximum Gasteiger partial charge on any atom is 0.229 e. The van der Waals surface area contributed by atoms with Gasteiger partial charge in [-0.2, -0.15) is 15.0 Å². The lowest BCUT2D eigenvalue weighted by Gasteiger charge is -2.31. The van der Waals surface area contributed by atoms with Gasteiger partial charge in [-0.1, -0.05) is 6.92 Å². The van der Waals surface area contributed by atoms with Gasteiger partial charge in [-0.25, -0.2) is 0 Å². The van der Waals surface area contributed by atoms with Gasteiger partial charge >= 0.3 is 0 Å². The van der Waals surface area contributed by atoms with Crippen molar-refractivity contribution < 1.29 is 5.11 Å². The number of hydrogen-bond acceptors (Lipinski definition) is 6. The Morgan fingerprint density at radius 3 is 2.65 bits per heavy atom. The van der Waals surface area contributed by atoms with Crippen LogP contribution in [0.5, 0.6) is 0 Å². The summed E-state index contributed by atoms with van der Waals surface area (Å²) in [5.41, 5.74) is 0. The Morgan fingerprint density at radius 2 is 2.00 bits per heavy atom. The van der Waals surface area contributed by atoms with Gasteiger partial charge < -0.3 is 15.7 Å². The minimum Gasteiger partial charge on any atom is -0.393 e. The standard InChI is InChI=1S/C10H16ClN5O/c1-2-3-12-9-14-8(11)15-10(16-9)13-6-4-7(17)5-6/h6-7,17H,2-5H2,1H3,(H2,12,13,14,15,16). The number of hydrogen-bond donors (Lipinski definition) is 3. The monoisotopic (exact) mass is 257 g/mol. The van der Waals surface area contributed by atoms with Crippen molar-refractivity contribution in [2.24, 2.45) is 0 Å². The van der Waals surface area contributed by atoms with Crippen molar-refractivity contribution in [3.8, 4) is 0 Å². The molecule has 0 radical (unpaired) electrons. The lowest BCUT2D eigenvalue weighted by molar-refractivity contribution is 0.0834. The van der Waals surface area contributed by atoms with E-state index >= 15 is 0 Å². The van der Waals surface area contributed by atoms with E-state index in [1.807, 2.05) is 0 Å². The fourth-order valence-corrected chi connectivity index (χ4v) is 1.78. The number of aromatic nitrogens is 3. The molecule has 0 amide bonds. The molecule has 1 aliphatic rings. The van der Waals surface area contributed by atoms with E-state index in [1.54, 1.807) is 0 Å². The number of aliphatic hydroxyl groups excluding tert-OH is 1. The SMILES string of the molecule is CCCNc1nc(Cl)nc(NC2CC(O)C2)n1. The molecule has 0 unspecified atom stereocenters. The van der Waals surface area contributed by atoms with Gasteiger partial charge in [0.15, 0.2) is 0 Å². The molecule has 1 fully saturated rings. The molecule has 0 bridgehead atoms. The summed E-state index contributed by atoms with van der Waals surface area (Å²) in [7, 11) is 0. The highest BCUT2D eigenvalue weighted by Gasteiger charge is 2.27. The Labute approximate surface area is 105 Å². The van der Waals surface area contributed by atoms with Gasteiger partial charge in [0.2, 0.25) is 17.2 Å². The summed E-state index contributed by atoms with van der Waals surface area (Å²) < 4.78 is 0. The first-order valence-corrected chi connectivity index (χ1v) is 6.15. The summed E-state index contributed by atoms with van der Waals surface area (Å²) in [6.07, 6.45) is 2.23. The van der Waals surface area contributed by atoms with Crippen LogP contribution in [0.2, 0.25) is 5.28 Å². The zero-order valence-corrected chi connectivity index (χ0v) is 10.4. The van der Waals surface area contributed by atoms with Gasteiger partial charge in [0.25, 0.3) is 0 Å². The largest absolute Gasteiger partial charge is 0.393 e. The number of nitrogens with one attached hydrogen (secondary N) is 2. The number of halogens is 1. The van der Waals surface area contributed by atoms with Crippen molar-refractivity contribution in [2.45, 2.75) is 38.3 Å². The molecule has 1 aromatic rings. The number of anilines is 2. The Balaban J connectivity index is 1.98. The molecular formula is C10H16ClN5O. The molecule has 1 saturated carbocycles. The summed E-state index contributed by atoms with van der Waals surface area (Å²) in [5.74, 6) is 0.940. The zero-order chi connectivity index (χ0) is 12.3. The summed E-state index contributed by atoms with van der Waals surface area (Å²) in [6.45, 7) is 2.85. The predicted molar refractivity (Wildman–Crippen MR) is 66.3 cm³/mol. The summed E-state index contributed by atoms with van der Waals surface area (Å²) >= 11 is 5.81. The number of rotatable bonds is 5.